The number of carbonyl (C=O) groups excluding carboxylic acids is 1. The lowest BCUT2D eigenvalue weighted by atomic mass is 9.85. The van der Waals surface area contributed by atoms with Crippen molar-refractivity contribution in [3.05, 3.63) is 34.9 Å². The van der Waals surface area contributed by atoms with Crippen molar-refractivity contribution in [3.8, 4) is 0 Å². The molecule has 1 unspecified atom stereocenters. The Morgan fingerprint density at radius 3 is 2.45 bits per heavy atom. The molecular formula is C16H23ClN2O. The molecule has 4 heteroatoms. The van der Waals surface area contributed by atoms with Gasteiger partial charge in [-0.05, 0) is 49.8 Å². The van der Waals surface area contributed by atoms with Crippen LogP contribution in [0.2, 0.25) is 5.02 Å². The third kappa shape index (κ3) is 3.97. The molecule has 1 atom stereocenters. The van der Waals surface area contributed by atoms with Crippen molar-refractivity contribution in [2.75, 3.05) is 0 Å². The molecule has 1 amide bonds. The number of rotatable bonds is 4. The summed E-state index contributed by atoms with van der Waals surface area (Å²) in [6, 6.07) is 8.03. The molecule has 1 fully saturated rings. The normalized spacial score (nSPS) is 24.1. The number of nitrogens with two attached hydrogens (primary N) is 1. The van der Waals surface area contributed by atoms with E-state index in [4.69, 9.17) is 17.3 Å². The Morgan fingerprint density at radius 1 is 1.30 bits per heavy atom. The minimum Gasteiger partial charge on any atom is -0.349 e. The van der Waals surface area contributed by atoms with Crippen molar-refractivity contribution in [1.29, 1.82) is 0 Å². The first kappa shape index (κ1) is 15.3. The van der Waals surface area contributed by atoms with E-state index in [-0.39, 0.29) is 23.9 Å². The fraction of sp³-hybridized carbons (Fsp3) is 0.562. The Morgan fingerprint density at radius 2 is 1.90 bits per heavy atom. The first-order valence-electron chi connectivity index (χ1n) is 7.41. The maximum absolute atomic E-state index is 12.3. The number of amides is 1. The van der Waals surface area contributed by atoms with Gasteiger partial charge in [-0.15, -0.1) is 0 Å². The van der Waals surface area contributed by atoms with E-state index >= 15 is 0 Å². The van der Waals surface area contributed by atoms with E-state index in [2.05, 4.69) is 12.2 Å². The van der Waals surface area contributed by atoms with Crippen LogP contribution in [0, 0.1) is 5.92 Å². The lowest BCUT2D eigenvalue weighted by Gasteiger charge is -2.27. The molecule has 0 saturated heterocycles. The maximum atomic E-state index is 12.3. The van der Waals surface area contributed by atoms with Gasteiger partial charge in [0.15, 0.2) is 0 Å². The summed E-state index contributed by atoms with van der Waals surface area (Å²) in [5.41, 5.74) is 6.99. The third-order valence-corrected chi connectivity index (χ3v) is 4.39. The van der Waals surface area contributed by atoms with E-state index in [0.717, 1.165) is 42.7 Å². The molecule has 3 N–H and O–H groups in total. The summed E-state index contributed by atoms with van der Waals surface area (Å²) in [6.45, 7) is 2.08. The highest BCUT2D eigenvalue weighted by molar-refractivity contribution is 6.30. The molecule has 0 aromatic heterocycles. The molecule has 20 heavy (non-hydrogen) atoms. The number of hydrogen-bond acceptors (Lipinski definition) is 2. The van der Waals surface area contributed by atoms with Gasteiger partial charge in [-0.1, -0.05) is 30.7 Å². The first-order valence-corrected chi connectivity index (χ1v) is 7.79. The predicted octanol–water partition coefficient (Wildman–Crippen LogP) is 3.42. The topological polar surface area (TPSA) is 55.1 Å². The average molecular weight is 295 g/mol. The van der Waals surface area contributed by atoms with E-state index in [1.807, 2.05) is 24.3 Å². The van der Waals surface area contributed by atoms with Crippen LogP contribution < -0.4 is 11.1 Å². The van der Waals surface area contributed by atoms with Gasteiger partial charge < -0.3 is 11.1 Å². The lowest BCUT2D eigenvalue weighted by Crippen LogP contribution is -2.37. The van der Waals surface area contributed by atoms with Crippen LogP contribution >= 0.6 is 11.6 Å². The molecule has 2 rings (SSSR count). The lowest BCUT2D eigenvalue weighted by molar-refractivity contribution is -0.126. The van der Waals surface area contributed by atoms with Gasteiger partial charge >= 0.3 is 0 Å². The van der Waals surface area contributed by atoms with Gasteiger partial charge in [-0.25, -0.2) is 0 Å². The summed E-state index contributed by atoms with van der Waals surface area (Å²) >= 11 is 5.90. The molecule has 1 saturated carbocycles. The molecule has 1 aromatic rings. The van der Waals surface area contributed by atoms with Crippen molar-refractivity contribution in [1.82, 2.24) is 5.32 Å². The van der Waals surface area contributed by atoms with Gasteiger partial charge in [0.1, 0.15) is 0 Å². The van der Waals surface area contributed by atoms with Crippen LogP contribution in [0.4, 0.5) is 0 Å². The van der Waals surface area contributed by atoms with Gasteiger partial charge in [0.05, 0.1) is 6.04 Å². The SMILES string of the molecule is CCC(NC(=O)C1CCC(N)CC1)c1ccc(Cl)cc1. The second-order valence-corrected chi connectivity index (χ2v) is 6.07. The Kier molecular flexibility index (Phi) is 5.44. The molecule has 0 radical (unpaired) electrons. The van der Waals surface area contributed by atoms with Crippen molar-refractivity contribution >= 4 is 17.5 Å². The van der Waals surface area contributed by atoms with Crippen molar-refractivity contribution < 1.29 is 4.79 Å². The molecule has 0 bridgehead atoms. The van der Waals surface area contributed by atoms with Crippen LogP contribution in [0.15, 0.2) is 24.3 Å². The average Bonchev–Trinajstić information content (AvgIpc) is 2.46. The van der Waals surface area contributed by atoms with Gasteiger partial charge in [0.2, 0.25) is 5.91 Å². The third-order valence-electron chi connectivity index (χ3n) is 4.14. The highest BCUT2D eigenvalue weighted by Gasteiger charge is 2.26. The van der Waals surface area contributed by atoms with Crippen LogP contribution in [0.5, 0.6) is 0 Å². The van der Waals surface area contributed by atoms with Crippen LogP contribution in [0.1, 0.15) is 50.6 Å². The standard InChI is InChI=1S/C16H23ClN2O/c1-2-15(11-3-7-13(17)8-4-11)19-16(20)12-5-9-14(18)10-6-12/h3-4,7-8,12,14-15H,2,5-6,9-10,18H2,1H3,(H,19,20). The second kappa shape index (κ2) is 7.09. The van der Waals surface area contributed by atoms with Crippen molar-refractivity contribution in [2.24, 2.45) is 11.7 Å². The van der Waals surface area contributed by atoms with Gasteiger partial charge in [0.25, 0.3) is 0 Å². The molecule has 1 aliphatic rings. The predicted molar refractivity (Wildman–Crippen MR) is 82.6 cm³/mol. The van der Waals surface area contributed by atoms with E-state index in [0.29, 0.717) is 0 Å². The van der Waals surface area contributed by atoms with Gasteiger partial charge in [-0.2, -0.15) is 0 Å². The summed E-state index contributed by atoms with van der Waals surface area (Å²) in [6.07, 6.45) is 4.60. The van der Waals surface area contributed by atoms with Crippen LogP contribution in [0.25, 0.3) is 0 Å². The van der Waals surface area contributed by atoms with Crippen LogP contribution in [-0.4, -0.2) is 11.9 Å². The van der Waals surface area contributed by atoms with Crippen molar-refractivity contribution in [3.63, 3.8) is 0 Å². The number of carbonyl (C=O) groups is 1. The monoisotopic (exact) mass is 294 g/mol. The molecule has 0 heterocycles. The quantitative estimate of drug-likeness (QED) is 0.894. The highest BCUT2D eigenvalue weighted by Crippen LogP contribution is 2.25. The van der Waals surface area contributed by atoms with Crippen LogP contribution in [0.3, 0.4) is 0 Å². The van der Waals surface area contributed by atoms with Crippen molar-refractivity contribution in [2.45, 2.75) is 51.1 Å². The Hall–Kier alpha value is -1.06. The summed E-state index contributed by atoms with van der Waals surface area (Å²) < 4.78 is 0. The largest absolute Gasteiger partial charge is 0.349 e. The summed E-state index contributed by atoms with van der Waals surface area (Å²) in [5.74, 6) is 0.287. The van der Waals surface area contributed by atoms with E-state index in [1.54, 1.807) is 0 Å². The smallest absolute Gasteiger partial charge is 0.223 e. The van der Waals surface area contributed by atoms with E-state index in [1.165, 1.54) is 0 Å². The number of nitrogens with one attached hydrogen (secondary N) is 1. The molecular weight excluding hydrogens is 272 g/mol. The fourth-order valence-corrected chi connectivity index (χ4v) is 2.91. The van der Waals surface area contributed by atoms with E-state index in [9.17, 15) is 4.79 Å². The Balaban J connectivity index is 1.95. The van der Waals surface area contributed by atoms with Crippen LogP contribution in [-0.2, 0) is 4.79 Å². The number of halogens is 1. The minimum absolute atomic E-state index is 0.0652. The highest BCUT2D eigenvalue weighted by atomic mass is 35.5. The summed E-state index contributed by atoms with van der Waals surface area (Å²) in [5, 5.41) is 3.88. The molecule has 0 aliphatic heterocycles. The summed E-state index contributed by atoms with van der Waals surface area (Å²) in [7, 11) is 0. The fourth-order valence-electron chi connectivity index (χ4n) is 2.79. The number of benzene rings is 1. The maximum Gasteiger partial charge on any atom is 0.223 e. The molecule has 0 spiro atoms. The molecule has 110 valence electrons. The Labute approximate surface area is 125 Å². The summed E-state index contributed by atoms with van der Waals surface area (Å²) in [4.78, 5) is 12.3. The zero-order valence-corrected chi connectivity index (χ0v) is 12.7. The molecule has 1 aliphatic carbocycles. The molecule has 3 nitrogen and oxygen atoms in total. The van der Waals surface area contributed by atoms with Gasteiger partial charge in [-0.3, -0.25) is 4.79 Å². The molecule has 1 aromatic carbocycles. The second-order valence-electron chi connectivity index (χ2n) is 5.63. The first-order chi connectivity index (χ1) is 9.60. The Bertz CT molecular complexity index is 438. The minimum atomic E-state index is 0.0652. The zero-order chi connectivity index (χ0) is 14.5. The van der Waals surface area contributed by atoms with Gasteiger partial charge in [0, 0.05) is 17.0 Å². The zero-order valence-electron chi connectivity index (χ0n) is 11.9. The number of hydrogen-bond donors (Lipinski definition) is 2. The van der Waals surface area contributed by atoms with E-state index < -0.39 is 0 Å².